The summed E-state index contributed by atoms with van der Waals surface area (Å²) in [5.74, 6) is -0.511. The Morgan fingerprint density at radius 3 is 2.64 bits per heavy atom. The highest BCUT2D eigenvalue weighted by atomic mass is 32.1. The molecule has 2 atom stereocenters. The van der Waals surface area contributed by atoms with Crippen LogP contribution in [0.3, 0.4) is 0 Å². The molecule has 7 nitrogen and oxygen atoms in total. The van der Waals surface area contributed by atoms with Gasteiger partial charge in [0.05, 0.1) is 11.8 Å². The smallest absolute Gasteiger partial charge is 0.239 e. The fourth-order valence-corrected chi connectivity index (χ4v) is 4.72. The molecule has 0 bridgehead atoms. The summed E-state index contributed by atoms with van der Waals surface area (Å²) >= 11 is 1.31. The van der Waals surface area contributed by atoms with E-state index < -0.39 is 0 Å². The van der Waals surface area contributed by atoms with Gasteiger partial charge in [0.1, 0.15) is 23.4 Å². The van der Waals surface area contributed by atoms with Crippen LogP contribution in [0.15, 0.2) is 24.0 Å². The predicted molar refractivity (Wildman–Crippen MR) is 92.9 cm³/mol. The molecule has 1 saturated carbocycles. The van der Waals surface area contributed by atoms with Gasteiger partial charge >= 0.3 is 0 Å². The Morgan fingerprint density at radius 1 is 1.12 bits per heavy atom. The average molecular weight is 353 g/mol. The van der Waals surface area contributed by atoms with Crippen LogP contribution >= 0.6 is 11.3 Å². The van der Waals surface area contributed by atoms with Gasteiger partial charge in [0.25, 0.3) is 0 Å². The molecule has 0 spiro atoms. The van der Waals surface area contributed by atoms with Crippen molar-refractivity contribution in [3.8, 4) is 11.4 Å². The Kier molecular flexibility index (Phi) is 3.21. The second kappa shape index (κ2) is 5.45. The van der Waals surface area contributed by atoms with Crippen molar-refractivity contribution >= 4 is 39.3 Å². The number of amides is 2. The summed E-state index contributed by atoms with van der Waals surface area (Å²) in [6, 6.07) is 1.89. The monoisotopic (exact) mass is 353 g/mol. The van der Waals surface area contributed by atoms with E-state index in [1.54, 1.807) is 6.20 Å². The molecule has 3 aromatic rings. The third-order valence-electron chi connectivity index (χ3n) is 5.12. The number of fused-ring (bicyclic) bond motifs is 2. The molecule has 4 heterocycles. The molecule has 5 rings (SSSR count). The molecule has 1 aliphatic heterocycles. The first-order valence-corrected chi connectivity index (χ1v) is 9.24. The molecule has 1 saturated heterocycles. The first-order valence-electron chi connectivity index (χ1n) is 8.36. The van der Waals surface area contributed by atoms with E-state index in [1.807, 2.05) is 11.4 Å². The molecule has 2 fully saturated rings. The zero-order chi connectivity index (χ0) is 17.0. The fourth-order valence-electron chi connectivity index (χ4n) is 3.90. The summed E-state index contributed by atoms with van der Waals surface area (Å²) in [5.41, 5.74) is 2.09. The molecule has 8 heteroatoms. The Labute approximate surface area is 147 Å². The van der Waals surface area contributed by atoms with E-state index in [2.05, 4.69) is 19.9 Å². The van der Waals surface area contributed by atoms with Gasteiger partial charge in [-0.15, -0.1) is 11.3 Å². The van der Waals surface area contributed by atoms with Crippen molar-refractivity contribution in [1.82, 2.24) is 19.9 Å². The molecule has 0 aromatic carbocycles. The van der Waals surface area contributed by atoms with Crippen molar-refractivity contribution in [3.05, 3.63) is 24.0 Å². The Balaban J connectivity index is 1.54. The van der Waals surface area contributed by atoms with Crippen LogP contribution in [0.2, 0.25) is 0 Å². The minimum atomic E-state index is -0.163. The quantitative estimate of drug-likeness (QED) is 0.715. The van der Waals surface area contributed by atoms with Gasteiger partial charge in [0.2, 0.25) is 11.8 Å². The summed E-state index contributed by atoms with van der Waals surface area (Å²) in [4.78, 5) is 42.8. The van der Waals surface area contributed by atoms with Gasteiger partial charge in [0, 0.05) is 17.0 Å². The number of thiazole rings is 1. The normalized spacial score (nSPS) is 23.4. The number of imide groups is 1. The first kappa shape index (κ1) is 14.7. The first-order chi connectivity index (χ1) is 12.2. The number of nitrogens with zero attached hydrogens (tertiary/aromatic N) is 4. The van der Waals surface area contributed by atoms with Crippen LogP contribution in [0, 0.1) is 11.8 Å². The molecule has 2 amide bonds. The van der Waals surface area contributed by atoms with Crippen LogP contribution in [0.5, 0.6) is 0 Å². The second-order valence-corrected chi connectivity index (χ2v) is 7.32. The lowest BCUT2D eigenvalue weighted by atomic mass is 9.81. The number of carbonyl (C=O) groups is 2. The second-order valence-electron chi connectivity index (χ2n) is 6.49. The van der Waals surface area contributed by atoms with Gasteiger partial charge in [-0.2, -0.15) is 0 Å². The van der Waals surface area contributed by atoms with Crippen LogP contribution < -0.4 is 4.90 Å². The number of nitrogens with one attached hydrogen (secondary N) is 1. The van der Waals surface area contributed by atoms with E-state index in [1.165, 1.54) is 22.6 Å². The molecule has 3 aromatic heterocycles. The predicted octanol–water partition coefficient (Wildman–Crippen LogP) is 2.76. The number of hydrogen-bond donors (Lipinski definition) is 1. The van der Waals surface area contributed by atoms with Crippen molar-refractivity contribution in [2.45, 2.75) is 25.7 Å². The molecule has 0 unspecified atom stereocenters. The summed E-state index contributed by atoms with van der Waals surface area (Å²) in [6.45, 7) is 0. The summed E-state index contributed by atoms with van der Waals surface area (Å²) < 4.78 is 0. The van der Waals surface area contributed by atoms with E-state index in [0.29, 0.717) is 16.5 Å². The lowest BCUT2D eigenvalue weighted by molar-refractivity contribution is -0.122. The minimum Gasteiger partial charge on any atom is -0.346 e. The highest BCUT2D eigenvalue weighted by Crippen LogP contribution is 2.41. The Bertz CT molecular complexity index is 970. The standard InChI is InChI=1S/C17H15N5O2S/c23-15-9-3-1-2-4-10(9)16(24)22(15)17-21-12(7-25-17)13-11-5-6-18-14(11)20-8-19-13/h5-10H,1-4H2,(H,18,19,20)/t9-,10-/m0/s1. The van der Waals surface area contributed by atoms with Crippen molar-refractivity contribution in [2.75, 3.05) is 4.90 Å². The van der Waals surface area contributed by atoms with Gasteiger partial charge < -0.3 is 4.98 Å². The maximum atomic E-state index is 12.7. The number of H-pyrrole nitrogens is 1. The highest BCUT2D eigenvalue weighted by molar-refractivity contribution is 7.14. The van der Waals surface area contributed by atoms with Crippen LogP contribution in [0.25, 0.3) is 22.4 Å². The number of carbonyl (C=O) groups excluding carboxylic acids is 2. The van der Waals surface area contributed by atoms with Gasteiger partial charge in [-0.05, 0) is 18.9 Å². The van der Waals surface area contributed by atoms with Crippen molar-refractivity contribution in [1.29, 1.82) is 0 Å². The lowest BCUT2D eigenvalue weighted by Crippen LogP contribution is -2.30. The molecule has 25 heavy (non-hydrogen) atoms. The largest absolute Gasteiger partial charge is 0.346 e. The van der Waals surface area contributed by atoms with E-state index in [9.17, 15) is 9.59 Å². The fraction of sp³-hybridized carbons (Fsp3) is 0.353. The summed E-state index contributed by atoms with van der Waals surface area (Å²) in [5, 5.41) is 3.15. The SMILES string of the molecule is O=C1[C@H]2CCCC[C@@H]2C(=O)N1c1nc(-c2ncnc3[nH]ccc23)cs1. The molecule has 1 aliphatic carbocycles. The Morgan fingerprint density at radius 2 is 1.88 bits per heavy atom. The molecule has 2 aliphatic rings. The van der Waals surface area contributed by atoms with Gasteiger partial charge in [-0.1, -0.05) is 12.8 Å². The molecular weight excluding hydrogens is 338 g/mol. The van der Waals surface area contributed by atoms with E-state index in [0.717, 1.165) is 36.7 Å². The number of rotatable bonds is 2. The number of hydrogen-bond acceptors (Lipinski definition) is 6. The van der Waals surface area contributed by atoms with Crippen LogP contribution in [0.4, 0.5) is 5.13 Å². The molecule has 126 valence electrons. The number of anilines is 1. The maximum Gasteiger partial charge on any atom is 0.239 e. The topological polar surface area (TPSA) is 91.8 Å². The lowest BCUT2D eigenvalue weighted by Gasteiger charge is -2.19. The average Bonchev–Trinajstić information content (AvgIpc) is 3.34. The molecule has 0 radical (unpaired) electrons. The van der Waals surface area contributed by atoms with Gasteiger partial charge in [0.15, 0.2) is 5.13 Å². The number of aromatic nitrogens is 4. The third-order valence-corrected chi connectivity index (χ3v) is 5.95. The van der Waals surface area contributed by atoms with E-state index in [4.69, 9.17) is 0 Å². The van der Waals surface area contributed by atoms with E-state index >= 15 is 0 Å². The van der Waals surface area contributed by atoms with Crippen LogP contribution in [-0.2, 0) is 9.59 Å². The minimum absolute atomic E-state index is 0.0925. The van der Waals surface area contributed by atoms with Crippen molar-refractivity contribution in [2.24, 2.45) is 11.8 Å². The van der Waals surface area contributed by atoms with Crippen LogP contribution in [0.1, 0.15) is 25.7 Å². The van der Waals surface area contributed by atoms with Crippen molar-refractivity contribution < 1.29 is 9.59 Å². The number of aromatic amines is 1. The zero-order valence-corrected chi connectivity index (χ0v) is 14.1. The maximum absolute atomic E-state index is 12.7. The summed E-state index contributed by atoms with van der Waals surface area (Å²) in [7, 11) is 0. The zero-order valence-electron chi connectivity index (χ0n) is 13.3. The van der Waals surface area contributed by atoms with Crippen LogP contribution in [-0.4, -0.2) is 31.8 Å². The summed E-state index contributed by atoms with van der Waals surface area (Å²) in [6.07, 6.45) is 6.93. The Hall–Kier alpha value is -2.61. The molecular formula is C17H15N5O2S. The molecule has 1 N–H and O–H groups in total. The van der Waals surface area contributed by atoms with Gasteiger partial charge in [-0.25, -0.2) is 19.9 Å². The third kappa shape index (κ3) is 2.13. The van der Waals surface area contributed by atoms with E-state index in [-0.39, 0.29) is 23.7 Å². The highest BCUT2D eigenvalue weighted by Gasteiger charge is 2.49. The van der Waals surface area contributed by atoms with Gasteiger partial charge in [-0.3, -0.25) is 9.59 Å². The van der Waals surface area contributed by atoms with Crippen molar-refractivity contribution in [3.63, 3.8) is 0 Å².